The number of amides is 2. The van der Waals surface area contributed by atoms with Gasteiger partial charge < -0.3 is 10.2 Å². The third kappa shape index (κ3) is 4.01. The number of carbonyl (C=O) groups excluding carboxylic acids is 2. The molecular weight excluding hydrogens is 343 g/mol. The summed E-state index contributed by atoms with van der Waals surface area (Å²) in [5.41, 5.74) is 1.17. The largest absolute Gasteiger partial charge is 0.349 e. The van der Waals surface area contributed by atoms with Crippen LogP contribution >= 0.6 is 11.5 Å². The van der Waals surface area contributed by atoms with Gasteiger partial charge in [0.05, 0.1) is 5.69 Å². The van der Waals surface area contributed by atoms with E-state index in [0.29, 0.717) is 42.8 Å². The van der Waals surface area contributed by atoms with Crippen LogP contribution in [0.25, 0.3) is 0 Å². The molecule has 0 radical (unpaired) electrons. The molecule has 0 spiro atoms. The Balaban J connectivity index is 1.54. The summed E-state index contributed by atoms with van der Waals surface area (Å²) in [6.45, 7) is 3.10. The van der Waals surface area contributed by atoms with Crippen molar-refractivity contribution in [3.8, 4) is 0 Å². The molecule has 6 nitrogen and oxygen atoms in total. The number of nitrogens with zero attached hydrogens (tertiary/aromatic N) is 3. The number of hydrogen-bond acceptors (Lipinski definition) is 5. The number of benzene rings is 1. The van der Waals surface area contributed by atoms with Crippen LogP contribution in [-0.4, -0.2) is 45.4 Å². The maximum absolute atomic E-state index is 12.9. The lowest BCUT2D eigenvalue weighted by molar-refractivity contribution is 0.0701. The molecule has 0 atom stereocenters. The van der Waals surface area contributed by atoms with Crippen LogP contribution in [-0.2, 0) is 6.42 Å². The number of nitrogens with one attached hydrogen (secondary N) is 1. The van der Waals surface area contributed by atoms with E-state index in [1.807, 2.05) is 6.92 Å². The van der Waals surface area contributed by atoms with Crippen LogP contribution in [0.15, 0.2) is 24.3 Å². The van der Waals surface area contributed by atoms with E-state index >= 15 is 0 Å². The number of hydrogen-bond donors (Lipinski definition) is 1. The van der Waals surface area contributed by atoms with Crippen molar-refractivity contribution in [1.29, 1.82) is 0 Å². The smallest absolute Gasteiger partial charge is 0.267 e. The molecule has 0 aliphatic carbocycles. The SMILES string of the molecule is CCc1nnsc1C(=O)N1CCC(NC(=O)c2ccc(F)cc2)CC1. The van der Waals surface area contributed by atoms with Gasteiger partial charge in [0.25, 0.3) is 11.8 Å². The zero-order chi connectivity index (χ0) is 17.8. The van der Waals surface area contributed by atoms with E-state index in [0.717, 1.165) is 17.2 Å². The Morgan fingerprint density at radius 1 is 1.28 bits per heavy atom. The van der Waals surface area contributed by atoms with E-state index < -0.39 is 0 Å². The predicted molar refractivity (Wildman–Crippen MR) is 92.1 cm³/mol. The Kier molecular flexibility index (Phi) is 5.37. The summed E-state index contributed by atoms with van der Waals surface area (Å²) in [5, 5.41) is 6.93. The van der Waals surface area contributed by atoms with Gasteiger partial charge >= 0.3 is 0 Å². The van der Waals surface area contributed by atoms with Gasteiger partial charge in [-0.1, -0.05) is 11.4 Å². The minimum absolute atomic E-state index is 0.00633. The second-order valence-corrected chi connectivity index (χ2v) is 6.70. The summed E-state index contributed by atoms with van der Waals surface area (Å²) in [4.78, 5) is 27.1. The van der Waals surface area contributed by atoms with Crippen molar-refractivity contribution < 1.29 is 14.0 Å². The lowest BCUT2D eigenvalue weighted by Crippen LogP contribution is -2.46. The van der Waals surface area contributed by atoms with Crippen molar-refractivity contribution in [2.24, 2.45) is 0 Å². The average Bonchev–Trinajstić information content (AvgIpc) is 3.11. The summed E-state index contributed by atoms with van der Waals surface area (Å²) in [6.07, 6.45) is 2.06. The first-order chi connectivity index (χ1) is 12.1. The maximum Gasteiger partial charge on any atom is 0.267 e. The van der Waals surface area contributed by atoms with Crippen molar-refractivity contribution in [2.45, 2.75) is 32.2 Å². The zero-order valence-electron chi connectivity index (χ0n) is 13.9. The Hall–Kier alpha value is -2.35. The first-order valence-electron chi connectivity index (χ1n) is 8.25. The van der Waals surface area contributed by atoms with Crippen molar-refractivity contribution in [2.75, 3.05) is 13.1 Å². The molecule has 2 heterocycles. The molecule has 1 aromatic heterocycles. The fourth-order valence-electron chi connectivity index (χ4n) is 2.84. The quantitative estimate of drug-likeness (QED) is 0.905. The molecule has 1 aliphatic rings. The molecule has 0 saturated carbocycles. The standard InChI is InChI=1S/C17H19FN4O2S/c1-2-14-15(25-21-20-14)17(24)22-9-7-13(8-10-22)19-16(23)11-3-5-12(18)6-4-11/h3-6,13H,2,7-10H2,1H3,(H,19,23). The van der Waals surface area contributed by atoms with Crippen LogP contribution in [0.5, 0.6) is 0 Å². The van der Waals surface area contributed by atoms with Crippen LogP contribution in [0, 0.1) is 5.82 Å². The van der Waals surface area contributed by atoms with Gasteiger partial charge in [-0.15, -0.1) is 5.10 Å². The number of rotatable bonds is 4. The van der Waals surface area contributed by atoms with E-state index in [4.69, 9.17) is 0 Å². The molecule has 0 bridgehead atoms. The van der Waals surface area contributed by atoms with Crippen LogP contribution in [0.3, 0.4) is 0 Å². The van der Waals surface area contributed by atoms with Gasteiger partial charge in [-0.05, 0) is 55.1 Å². The van der Waals surface area contributed by atoms with E-state index in [1.54, 1.807) is 4.90 Å². The highest BCUT2D eigenvalue weighted by Gasteiger charge is 2.27. The molecular formula is C17H19FN4O2S. The van der Waals surface area contributed by atoms with Crippen molar-refractivity contribution in [3.05, 3.63) is 46.2 Å². The first-order valence-corrected chi connectivity index (χ1v) is 9.02. The summed E-state index contributed by atoms with van der Waals surface area (Å²) in [7, 11) is 0. The average molecular weight is 362 g/mol. The Bertz CT molecular complexity index is 754. The number of halogens is 1. The molecule has 1 aromatic carbocycles. The molecule has 2 aromatic rings. The second kappa shape index (κ2) is 7.69. The number of aryl methyl sites for hydroxylation is 1. The zero-order valence-corrected chi connectivity index (χ0v) is 14.7. The summed E-state index contributed by atoms with van der Waals surface area (Å²) in [5.74, 6) is -0.618. The molecule has 1 aliphatic heterocycles. The van der Waals surface area contributed by atoms with E-state index in [2.05, 4.69) is 14.9 Å². The molecule has 1 N–H and O–H groups in total. The molecule has 1 fully saturated rings. The maximum atomic E-state index is 12.9. The molecule has 2 amide bonds. The van der Waals surface area contributed by atoms with Gasteiger partial charge in [0, 0.05) is 24.7 Å². The van der Waals surface area contributed by atoms with Gasteiger partial charge in [-0.3, -0.25) is 9.59 Å². The van der Waals surface area contributed by atoms with Crippen molar-refractivity contribution in [3.63, 3.8) is 0 Å². The third-order valence-corrected chi connectivity index (χ3v) is 5.06. The molecule has 8 heteroatoms. The highest BCUT2D eigenvalue weighted by atomic mass is 32.1. The van der Waals surface area contributed by atoms with E-state index in [-0.39, 0.29) is 23.7 Å². The minimum Gasteiger partial charge on any atom is -0.349 e. The fourth-order valence-corrected chi connectivity index (χ4v) is 3.56. The summed E-state index contributed by atoms with van der Waals surface area (Å²) in [6, 6.07) is 5.47. The number of likely N-dealkylation sites (tertiary alicyclic amines) is 1. The van der Waals surface area contributed by atoms with Crippen LogP contribution < -0.4 is 5.32 Å². The monoisotopic (exact) mass is 362 g/mol. The first kappa shape index (κ1) is 17.5. The predicted octanol–water partition coefficient (Wildman–Crippen LogP) is 2.27. The highest BCUT2D eigenvalue weighted by Crippen LogP contribution is 2.18. The molecule has 0 unspecified atom stereocenters. The highest BCUT2D eigenvalue weighted by molar-refractivity contribution is 7.08. The number of aromatic nitrogens is 2. The summed E-state index contributed by atoms with van der Waals surface area (Å²) >= 11 is 1.13. The Morgan fingerprint density at radius 3 is 2.60 bits per heavy atom. The van der Waals surface area contributed by atoms with Crippen molar-refractivity contribution in [1.82, 2.24) is 19.8 Å². The topological polar surface area (TPSA) is 75.2 Å². The number of piperidine rings is 1. The Morgan fingerprint density at radius 2 is 1.96 bits per heavy atom. The Labute approximate surface area is 149 Å². The van der Waals surface area contributed by atoms with Gasteiger partial charge in [0.2, 0.25) is 0 Å². The lowest BCUT2D eigenvalue weighted by Gasteiger charge is -2.32. The van der Waals surface area contributed by atoms with E-state index in [9.17, 15) is 14.0 Å². The van der Waals surface area contributed by atoms with Gasteiger partial charge in [0.1, 0.15) is 10.7 Å². The van der Waals surface area contributed by atoms with Gasteiger partial charge in [-0.25, -0.2) is 4.39 Å². The van der Waals surface area contributed by atoms with Crippen molar-refractivity contribution >= 4 is 23.3 Å². The fraction of sp³-hybridized carbons (Fsp3) is 0.412. The molecule has 1 saturated heterocycles. The molecule has 132 valence electrons. The lowest BCUT2D eigenvalue weighted by atomic mass is 10.0. The summed E-state index contributed by atoms with van der Waals surface area (Å²) < 4.78 is 16.8. The normalized spacial score (nSPS) is 15.2. The number of carbonyl (C=O) groups is 2. The minimum atomic E-state index is -0.368. The molecule has 25 heavy (non-hydrogen) atoms. The van der Waals surface area contributed by atoms with Gasteiger partial charge in [0.15, 0.2) is 0 Å². The van der Waals surface area contributed by atoms with Crippen LogP contribution in [0.4, 0.5) is 4.39 Å². The third-order valence-electron chi connectivity index (χ3n) is 4.31. The van der Waals surface area contributed by atoms with Gasteiger partial charge in [-0.2, -0.15) is 0 Å². The van der Waals surface area contributed by atoms with E-state index in [1.165, 1.54) is 24.3 Å². The second-order valence-electron chi connectivity index (χ2n) is 5.95. The molecule has 3 rings (SSSR count). The van der Waals surface area contributed by atoms with Crippen LogP contribution in [0.1, 0.15) is 45.5 Å². The van der Waals surface area contributed by atoms with Crippen LogP contribution in [0.2, 0.25) is 0 Å².